The van der Waals surface area contributed by atoms with Gasteiger partial charge in [0.1, 0.15) is 0 Å². The van der Waals surface area contributed by atoms with Crippen LogP contribution >= 0.6 is 34.4 Å². The van der Waals surface area contributed by atoms with E-state index < -0.39 is 0 Å². The fourth-order valence-corrected chi connectivity index (χ4v) is 4.13. The van der Waals surface area contributed by atoms with E-state index in [1.807, 2.05) is 0 Å². The van der Waals surface area contributed by atoms with Crippen molar-refractivity contribution in [1.29, 1.82) is 0 Å². The molecule has 0 aromatic carbocycles. The van der Waals surface area contributed by atoms with Crippen molar-refractivity contribution in [2.75, 3.05) is 0 Å². The van der Waals surface area contributed by atoms with Crippen LogP contribution < -0.4 is 0 Å². The molecule has 0 amide bonds. The number of thioether (sulfide) groups is 1. The van der Waals surface area contributed by atoms with Crippen molar-refractivity contribution in [2.24, 2.45) is 5.92 Å². The summed E-state index contributed by atoms with van der Waals surface area (Å²) in [5.41, 5.74) is 0. The van der Waals surface area contributed by atoms with Gasteiger partial charge in [0.25, 0.3) is 0 Å². The van der Waals surface area contributed by atoms with E-state index in [4.69, 9.17) is 0 Å². The Morgan fingerprint density at radius 2 is 1.67 bits per heavy atom. The molecule has 4 unspecified atom stereocenters. The molecule has 0 saturated carbocycles. The monoisotopic (exact) mass is 256 g/mol. The van der Waals surface area contributed by atoms with Crippen LogP contribution in [0.2, 0.25) is 0 Å². The van der Waals surface area contributed by atoms with Crippen LogP contribution in [0.5, 0.6) is 0 Å². The van der Waals surface area contributed by atoms with E-state index in [1.54, 1.807) is 0 Å². The van der Waals surface area contributed by atoms with Crippen molar-refractivity contribution in [3.05, 3.63) is 0 Å². The van der Waals surface area contributed by atoms with E-state index in [0.29, 0.717) is 0 Å². The zero-order valence-electron chi connectivity index (χ0n) is 6.10. The Bertz CT molecular complexity index is 93.1. The topological polar surface area (TPSA) is 0 Å². The lowest BCUT2D eigenvalue weighted by Gasteiger charge is -2.10. The van der Waals surface area contributed by atoms with Crippen molar-refractivity contribution in [3.63, 3.8) is 0 Å². The Balaban J connectivity index is 2.54. The van der Waals surface area contributed by atoms with Crippen molar-refractivity contribution in [2.45, 2.75) is 35.2 Å². The van der Waals surface area contributed by atoms with E-state index in [0.717, 1.165) is 20.3 Å². The minimum absolute atomic E-state index is 0.871. The van der Waals surface area contributed by atoms with Gasteiger partial charge in [-0.1, -0.05) is 43.4 Å². The van der Waals surface area contributed by atoms with Gasteiger partial charge in [0.05, 0.1) is 0 Å². The van der Waals surface area contributed by atoms with Gasteiger partial charge in [-0.2, -0.15) is 11.8 Å². The summed E-state index contributed by atoms with van der Waals surface area (Å²) < 4.78 is 0.891. The molecular weight excluding hydrogens is 243 g/mol. The Morgan fingerprint density at radius 1 is 1.11 bits per heavy atom. The minimum atomic E-state index is 0.871. The molecule has 0 bridgehead atoms. The molecule has 9 heavy (non-hydrogen) atoms. The molecule has 0 radical (unpaired) electrons. The first-order valence-corrected chi connectivity index (χ1v) is 5.61. The second-order valence-corrected chi connectivity index (χ2v) is 6.05. The maximum absolute atomic E-state index is 2.58. The first-order chi connectivity index (χ1) is 4.13. The predicted molar refractivity (Wildman–Crippen MR) is 53.5 cm³/mol. The van der Waals surface area contributed by atoms with Gasteiger partial charge in [0.15, 0.2) is 0 Å². The van der Waals surface area contributed by atoms with E-state index in [9.17, 15) is 0 Å². The summed E-state index contributed by atoms with van der Waals surface area (Å²) in [4.78, 5) is 0. The third-order valence-electron chi connectivity index (χ3n) is 2.12. The van der Waals surface area contributed by atoms with Crippen LogP contribution in [0.25, 0.3) is 0 Å². The highest BCUT2D eigenvalue weighted by atomic mass is 127. The van der Waals surface area contributed by atoms with Crippen LogP contribution in [0.4, 0.5) is 0 Å². The zero-order valence-corrected chi connectivity index (χ0v) is 9.07. The molecule has 1 aliphatic rings. The molecule has 1 heterocycles. The molecule has 0 N–H and O–H groups in total. The lowest BCUT2D eigenvalue weighted by atomic mass is 10.0. The summed E-state index contributed by atoms with van der Waals surface area (Å²) in [6, 6.07) is 0. The lowest BCUT2D eigenvalue weighted by molar-refractivity contribution is 0.593. The number of halogens is 1. The van der Waals surface area contributed by atoms with Gasteiger partial charge in [0.2, 0.25) is 0 Å². The SMILES string of the molecule is CC1SC(C)C(I)C1C. The van der Waals surface area contributed by atoms with Gasteiger partial charge in [0, 0.05) is 14.4 Å². The van der Waals surface area contributed by atoms with Crippen LogP contribution in [0.15, 0.2) is 0 Å². The lowest BCUT2D eigenvalue weighted by Crippen LogP contribution is -2.15. The Labute approximate surface area is 75.3 Å². The predicted octanol–water partition coefficient (Wildman–Crippen LogP) is 2.95. The average molecular weight is 256 g/mol. The maximum atomic E-state index is 2.58. The van der Waals surface area contributed by atoms with Crippen LogP contribution in [-0.4, -0.2) is 14.4 Å². The highest BCUT2D eigenvalue weighted by Gasteiger charge is 2.34. The van der Waals surface area contributed by atoms with Crippen molar-refractivity contribution in [3.8, 4) is 0 Å². The molecule has 54 valence electrons. The van der Waals surface area contributed by atoms with E-state index in [2.05, 4.69) is 55.1 Å². The van der Waals surface area contributed by atoms with Gasteiger partial charge in [-0.3, -0.25) is 0 Å². The third-order valence-corrected chi connectivity index (χ3v) is 6.40. The summed E-state index contributed by atoms with van der Waals surface area (Å²) >= 11 is 4.71. The van der Waals surface area contributed by atoms with Crippen molar-refractivity contribution >= 4 is 34.4 Å². The first kappa shape index (κ1) is 8.18. The third kappa shape index (κ3) is 1.56. The van der Waals surface area contributed by atoms with Crippen molar-refractivity contribution in [1.82, 2.24) is 0 Å². The van der Waals surface area contributed by atoms with Crippen LogP contribution in [0.3, 0.4) is 0 Å². The fraction of sp³-hybridized carbons (Fsp3) is 1.00. The van der Waals surface area contributed by atoms with Gasteiger partial charge in [-0.05, 0) is 5.92 Å². The minimum Gasteiger partial charge on any atom is -0.154 e. The van der Waals surface area contributed by atoms with Gasteiger partial charge in [-0.15, -0.1) is 0 Å². The number of rotatable bonds is 0. The summed E-state index contributed by atoms with van der Waals surface area (Å²) in [6.45, 7) is 7.03. The Hall–Kier alpha value is 1.08. The quantitative estimate of drug-likeness (QED) is 0.474. The number of hydrogen-bond donors (Lipinski definition) is 0. The molecule has 0 spiro atoms. The van der Waals surface area contributed by atoms with Gasteiger partial charge in [-0.25, -0.2) is 0 Å². The molecule has 0 aromatic heterocycles. The zero-order chi connectivity index (χ0) is 7.02. The average Bonchev–Trinajstić information content (AvgIpc) is 1.98. The van der Waals surface area contributed by atoms with Gasteiger partial charge < -0.3 is 0 Å². The first-order valence-electron chi connectivity index (χ1n) is 3.42. The Kier molecular flexibility index (Phi) is 2.72. The molecule has 4 atom stereocenters. The normalized spacial score (nSPS) is 52.0. The molecule has 2 heteroatoms. The summed E-state index contributed by atoms with van der Waals surface area (Å²) in [5.74, 6) is 0.908. The van der Waals surface area contributed by atoms with E-state index in [1.165, 1.54) is 0 Å². The Morgan fingerprint density at radius 3 is 1.78 bits per heavy atom. The van der Waals surface area contributed by atoms with Crippen LogP contribution in [-0.2, 0) is 0 Å². The molecular formula is C7H13IS. The van der Waals surface area contributed by atoms with E-state index in [-0.39, 0.29) is 0 Å². The molecule has 0 aromatic rings. The molecule has 1 saturated heterocycles. The summed E-state index contributed by atoms with van der Waals surface area (Å²) in [6.07, 6.45) is 0. The standard InChI is InChI=1S/C7H13IS/c1-4-5(2)9-6(3)7(4)8/h4-7H,1-3H3. The molecule has 1 rings (SSSR count). The highest BCUT2D eigenvalue weighted by molar-refractivity contribution is 14.1. The smallest absolute Gasteiger partial charge is 0.0262 e. The highest BCUT2D eigenvalue weighted by Crippen LogP contribution is 2.41. The second kappa shape index (κ2) is 2.99. The molecule has 0 nitrogen and oxygen atoms in total. The second-order valence-electron chi connectivity index (χ2n) is 2.85. The fourth-order valence-electron chi connectivity index (χ4n) is 1.22. The molecule has 1 fully saturated rings. The summed E-state index contributed by atoms with van der Waals surface area (Å²) in [7, 11) is 0. The van der Waals surface area contributed by atoms with Gasteiger partial charge >= 0.3 is 0 Å². The van der Waals surface area contributed by atoms with Crippen molar-refractivity contribution < 1.29 is 0 Å². The van der Waals surface area contributed by atoms with Crippen LogP contribution in [0, 0.1) is 5.92 Å². The largest absolute Gasteiger partial charge is 0.154 e. The number of hydrogen-bond acceptors (Lipinski definition) is 1. The molecule has 1 aliphatic heterocycles. The molecule has 0 aliphatic carbocycles. The number of alkyl halides is 1. The summed E-state index contributed by atoms with van der Waals surface area (Å²) in [5, 5.41) is 1.75. The van der Waals surface area contributed by atoms with E-state index >= 15 is 0 Å². The van der Waals surface area contributed by atoms with Crippen LogP contribution in [0.1, 0.15) is 20.8 Å². The maximum Gasteiger partial charge on any atom is 0.0262 e.